The van der Waals surface area contributed by atoms with Crippen LogP contribution in [-0.4, -0.2) is 43.3 Å². The fourth-order valence-corrected chi connectivity index (χ4v) is 2.13. The minimum Gasteiger partial charge on any atom is -0.490 e. The van der Waals surface area contributed by atoms with Crippen LogP contribution in [0.25, 0.3) is 11.1 Å². The van der Waals surface area contributed by atoms with Gasteiger partial charge in [-0.25, -0.2) is 0 Å². The molecule has 20 heavy (non-hydrogen) atoms. The van der Waals surface area contributed by atoms with Gasteiger partial charge in [-0.1, -0.05) is 0 Å². The summed E-state index contributed by atoms with van der Waals surface area (Å²) in [4.78, 5) is 16.8. The van der Waals surface area contributed by atoms with Gasteiger partial charge in [0.1, 0.15) is 5.52 Å². The Hall–Kier alpha value is -2.35. The molecule has 0 atom stereocenters. The number of methoxy groups -OCH3 is 1. The predicted octanol–water partition coefficient (Wildman–Crippen LogP) is 1.58. The van der Waals surface area contributed by atoms with Gasteiger partial charge in [-0.15, -0.1) is 0 Å². The summed E-state index contributed by atoms with van der Waals surface area (Å²) in [5, 5.41) is 11.0. The molecule has 3 rings (SSSR count). The molecule has 0 N–H and O–H groups in total. The Balaban J connectivity index is 2.03. The number of anilines is 1. The second-order valence-corrected chi connectivity index (χ2v) is 4.34. The highest BCUT2D eigenvalue weighted by molar-refractivity contribution is 5.80. The molecule has 1 aliphatic heterocycles. The molecule has 0 unspecified atom stereocenters. The van der Waals surface area contributed by atoms with E-state index in [9.17, 15) is 10.1 Å². The molecule has 0 amide bonds. The second-order valence-electron chi connectivity index (χ2n) is 4.34. The Morgan fingerprint density at radius 1 is 1.40 bits per heavy atom. The zero-order valence-electron chi connectivity index (χ0n) is 10.9. The highest BCUT2D eigenvalue weighted by Gasteiger charge is 2.22. The third-order valence-corrected chi connectivity index (χ3v) is 3.16. The van der Waals surface area contributed by atoms with Crippen molar-refractivity contribution in [2.75, 3.05) is 38.3 Å². The van der Waals surface area contributed by atoms with Crippen molar-refractivity contribution in [2.45, 2.75) is 0 Å². The highest BCUT2D eigenvalue weighted by atomic mass is 16.6. The second kappa shape index (κ2) is 4.97. The third kappa shape index (κ3) is 2.14. The molecule has 1 aliphatic rings. The first-order valence-electron chi connectivity index (χ1n) is 6.14. The van der Waals surface area contributed by atoms with Gasteiger partial charge in [0.05, 0.1) is 31.3 Å². The topological polar surface area (TPSA) is 90.9 Å². The van der Waals surface area contributed by atoms with Crippen LogP contribution in [0.15, 0.2) is 16.5 Å². The SMILES string of the molecule is COc1cc2nc(N3CCOCC3)oc2cc1[N+](=O)[O-]. The number of nitro benzene ring substituents is 1. The van der Waals surface area contributed by atoms with E-state index in [-0.39, 0.29) is 11.4 Å². The zero-order chi connectivity index (χ0) is 14.1. The van der Waals surface area contributed by atoms with Crippen LogP contribution in [0.5, 0.6) is 5.75 Å². The van der Waals surface area contributed by atoms with Gasteiger partial charge >= 0.3 is 5.69 Å². The maximum atomic E-state index is 11.0. The van der Waals surface area contributed by atoms with Crippen molar-refractivity contribution in [1.29, 1.82) is 0 Å². The Bertz CT molecular complexity index is 648. The van der Waals surface area contributed by atoms with Crippen molar-refractivity contribution < 1.29 is 18.8 Å². The van der Waals surface area contributed by atoms with Crippen LogP contribution in [0, 0.1) is 10.1 Å². The van der Waals surface area contributed by atoms with Crippen molar-refractivity contribution >= 4 is 22.8 Å². The molecule has 2 heterocycles. The van der Waals surface area contributed by atoms with Crippen molar-refractivity contribution in [2.24, 2.45) is 0 Å². The summed E-state index contributed by atoms with van der Waals surface area (Å²) in [6.45, 7) is 2.60. The minimum absolute atomic E-state index is 0.135. The lowest BCUT2D eigenvalue weighted by atomic mass is 10.2. The van der Waals surface area contributed by atoms with Gasteiger partial charge in [0.25, 0.3) is 6.01 Å². The van der Waals surface area contributed by atoms with Crippen LogP contribution < -0.4 is 9.64 Å². The minimum atomic E-state index is -0.505. The van der Waals surface area contributed by atoms with Gasteiger partial charge in [-0.3, -0.25) is 10.1 Å². The summed E-state index contributed by atoms with van der Waals surface area (Å²) in [5.74, 6) is 0.171. The number of fused-ring (bicyclic) bond motifs is 1. The summed E-state index contributed by atoms with van der Waals surface area (Å²) in [6.07, 6.45) is 0. The molecule has 0 radical (unpaired) electrons. The van der Waals surface area contributed by atoms with Gasteiger partial charge in [0, 0.05) is 19.2 Å². The van der Waals surface area contributed by atoms with Crippen LogP contribution in [0.3, 0.4) is 0 Å². The van der Waals surface area contributed by atoms with E-state index in [4.69, 9.17) is 13.9 Å². The van der Waals surface area contributed by atoms with Gasteiger partial charge in [0.2, 0.25) is 0 Å². The van der Waals surface area contributed by atoms with E-state index in [1.54, 1.807) is 0 Å². The Morgan fingerprint density at radius 2 is 2.15 bits per heavy atom. The average Bonchev–Trinajstić information content (AvgIpc) is 2.89. The van der Waals surface area contributed by atoms with E-state index in [1.807, 2.05) is 4.90 Å². The van der Waals surface area contributed by atoms with Gasteiger partial charge in [-0.05, 0) is 0 Å². The number of rotatable bonds is 3. The molecule has 0 spiro atoms. The number of hydrogen-bond donors (Lipinski definition) is 0. The van der Waals surface area contributed by atoms with E-state index in [0.717, 1.165) is 0 Å². The van der Waals surface area contributed by atoms with E-state index < -0.39 is 4.92 Å². The molecule has 1 fully saturated rings. The number of oxazole rings is 1. The molecule has 1 aromatic heterocycles. The normalized spacial score (nSPS) is 15.6. The highest BCUT2D eigenvalue weighted by Crippen LogP contribution is 2.33. The van der Waals surface area contributed by atoms with Crippen molar-refractivity contribution in [3.05, 3.63) is 22.2 Å². The number of morpholine rings is 1. The molecule has 1 aromatic carbocycles. The lowest BCUT2D eigenvalue weighted by Crippen LogP contribution is -2.36. The monoisotopic (exact) mass is 279 g/mol. The molecule has 8 nitrogen and oxygen atoms in total. The maximum Gasteiger partial charge on any atom is 0.314 e. The fraction of sp³-hybridized carbons (Fsp3) is 0.417. The first kappa shape index (κ1) is 12.7. The smallest absolute Gasteiger partial charge is 0.314 e. The molecule has 2 aromatic rings. The number of benzene rings is 1. The zero-order valence-corrected chi connectivity index (χ0v) is 10.9. The summed E-state index contributed by atoms with van der Waals surface area (Å²) < 4.78 is 15.9. The van der Waals surface area contributed by atoms with Gasteiger partial charge in [-0.2, -0.15) is 4.98 Å². The lowest BCUT2D eigenvalue weighted by Gasteiger charge is -2.24. The average molecular weight is 279 g/mol. The quantitative estimate of drug-likeness (QED) is 0.622. The maximum absolute atomic E-state index is 11.0. The van der Waals surface area contributed by atoms with Gasteiger partial charge < -0.3 is 18.8 Å². The summed E-state index contributed by atoms with van der Waals surface area (Å²) in [5.41, 5.74) is 0.776. The van der Waals surface area contributed by atoms with Gasteiger partial charge in [0.15, 0.2) is 11.3 Å². The fourth-order valence-electron chi connectivity index (χ4n) is 2.13. The number of nitro groups is 1. The summed E-state index contributed by atoms with van der Waals surface area (Å²) in [6, 6.07) is 3.30. The largest absolute Gasteiger partial charge is 0.490 e. The number of ether oxygens (including phenoxy) is 2. The molecule has 8 heteroatoms. The standard InChI is InChI=1S/C12H13N3O5/c1-18-11-6-8-10(7-9(11)15(16)17)20-12(13-8)14-2-4-19-5-3-14/h6-7H,2-5H2,1H3. The number of aromatic nitrogens is 1. The Morgan fingerprint density at radius 3 is 2.80 bits per heavy atom. The molecular formula is C12H13N3O5. The van der Waals surface area contributed by atoms with Crippen molar-refractivity contribution in [3.8, 4) is 5.75 Å². The number of nitrogens with zero attached hydrogens (tertiary/aromatic N) is 3. The van der Waals surface area contributed by atoms with Crippen LogP contribution in [0.4, 0.5) is 11.7 Å². The van der Waals surface area contributed by atoms with Crippen molar-refractivity contribution in [1.82, 2.24) is 4.98 Å². The molecule has 0 aliphatic carbocycles. The molecule has 1 saturated heterocycles. The predicted molar refractivity (Wildman–Crippen MR) is 70.2 cm³/mol. The first-order valence-corrected chi connectivity index (χ1v) is 6.14. The van der Waals surface area contributed by atoms with E-state index in [0.29, 0.717) is 43.4 Å². The third-order valence-electron chi connectivity index (χ3n) is 3.16. The van der Waals surface area contributed by atoms with E-state index >= 15 is 0 Å². The molecule has 0 bridgehead atoms. The van der Waals surface area contributed by atoms with Crippen LogP contribution >= 0.6 is 0 Å². The summed E-state index contributed by atoms with van der Waals surface area (Å²) >= 11 is 0. The first-order chi connectivity index (χ1) is 9.69. The Kier molecular flexibility index (Phi) is 3.15. The van der Waals surface area contributed by atoms with Crippen LogP contribution in [-0.2, 0) is 4.74 Å². The Labute approximate surface area is 114 Å². The van der Waals surface area contributed by atoms with Crippen LogP contribution in [0.1, 0.15) is 0 Å². The van der Waals surface area contributed by atoms with E-state index in [2.05, 4.69) is 4.98 Å². The van der Waals surface area contributed by atoms with Crippen molar-refractivity contribution in [3.63, 3.8) is 0 Å². The molecule has 106 valence electrons. The molecular weight excluding hydrogens is 266 g/mol. The lowest BCUT2D eigenvalue weighted by molar-refractivity contribution is -0.385. The van der Waals surface area contributed by atoms with Crippen LogP contribution in [0.2, 0.25) is 0 Å². The molecule has 0 saturated carbocycles. The number of hydrogen-bond acceptors (Lipinski definition) is 7. The summed E-state index contributed by atoms with van der Waals surface area (Å²) in [7, 11) is 1.39. The van der Waals surface area contributed by atoms with E-state index in [1.165, 1.54) is 19.2 Å².